The minimum Gasteiger partial charge on any atom is -0.396 e. The molecule has 0 atom stereocenters. The van der Waals surface area contributed by atoms with Crippen LogP contribution >= 0.6 is 0 Å². The lowest BCUT2D eigenvalue weighted by Crippen LogP contribution is -2.59. The lowest BCUT2D eigenvalue weighted by molar-refractivity contribution is -0.0437. The molecule has 0 aromatic heterocycles. The molecule has 1 aliphatic rings. The molecular formula is C7H12N2O2. The number of rotatable bonds is 4. The minimum absolute atomic E-state index is 0.162. The number of nitrogens with one attached hydrogen (secondary N) is 1. The Hall–Kier alpha value is -0.630. The van der Waals surface area contributed by atoms with E-state index in [-0.39, 0.29) is 6.61 Å². The average Bonchev–Trinajstić information content (AvgIpc) is 1.95. The van der Waals surface area contributed by atoms with Gasteiger partial charge in [-0.15, -0.1) is 0 Å². The lowest BCUT2D eigenvalue weighted by Gasteiger charge is -2.35. The van der Waals surface area contributed by atoms with Gasteiger partial charge in [0.15, 0.2) is 5.54 Å². The molecule has 4 nitrogen and oxygen atoms in total. The van der Waals surface area contributed by atoms with E-state index in [1.165, 1.54) is 0 Å². The summed E-state index contributed by atoms with van der Waals surface area (Å²) >= 11 is 0. The second-order valence-electron chi connectivity index (χ2n) is 2.69. The Labute approximate surface area is 65.8 Å². The predicted molar refractivity (Wildman–Crippen MR) is 38.9 cm³/mol. The van der Waals surface area contributed by atoms with E-state index in [1.807, 2.05) is 0 Å². The maximum atomic E-state index is 8.68. The fourth-order valence-electron chi connectivity index (χ4n) is 0.919. The summed E-state index contributed by atoms with van der Waals surface area (Å²) in [5, 5.41) is 20.2. The second-order valence-corrected chi connectivity index (χ2v) is 2.69. The van der Waals surface area contributed by atoms with Crippen molar-refractivity contribution in [2.45, 2.75) is 12.0 Å². The molecule has 0 saturated carbocycles. The summed E-state index contributed by atoms with van der Waals surface area (Å²) in [6.45, 7) is 1.77. The fourth-order valence-corrected chi connectivity index (χ4v) is 0.919. The van der Waals surface area contributed by atoms with E-state index in [0.717, 1.165) is 0 Å². The van der Waals surface area contributed by atoms with Gasteiger partial charge in [0.2, 0.25) is 0 Å². The number of ether oxygens (including phenoxy) is 1. The number of nitrogens with zero attached hydrogens (tertiary/aromatic N) is 1. The van der Waals surface area contributed by atoms with Gasteiger partial charge < -0.3 is 9.84 Å². The van der Waals surface area contributed by atoms with Gasteiger partial charge in [-0.1, -0.05) is 0 Å². The molecule has 2 N–H and O–H groups in total. The standard InChI is InChI=1S/C7H12N2O2/c8-4-7(5-11-6-7)9-2-1-3-10/h9-10H,1-3,5-6H2. The van der Waals surface area contributed by atoms with Crippen LogP contribution in [0.5, 0.6) is 0 Å². The van der Waals surface area contributed by atoms with E-state index in [4.69, 9.17) is 15.1 Å². The highest BCUT2D eigenvalue weighted by Gasteiger charge is 2.37. The van der Waals surface area contributed by atoms with Crippen LogP contribution < -0.4 is 5.32 Å². The van der Waals surface area contributed by atoms with E-state index >= 15 is 0 Å². The highest BCUT2D eigenvalue weighted by Crippen LogP contribution is 2.14. The topological polar surface area (TPSA) is 65.3 Å². The summed E-state index contributed by atoms with van der Waals surface area (Å²) in [6, 6.07) is 2.16. The SMILES string of the molecule is N#CC1(NCCCO)COC1. The van der Waals surface area contributed by atoms with Crippen molar-refractivity contribution in [2.24, 2.45) is 0 Å². The van der Waals surface area contributed by atoms with Gasteiger partial charge in [0, 0.05) is 6.61 Å². The van der Waals surface area contributed by atoms with Crippen molar-refractivity contribution in [2.75, 3.05) is 26.4 Å². The molecule has 0 aromatic carbocycles. The first-order valence-electron chi connectivity index (χ1n) is 3.68. The Morgan fingerprint density at radius 2 is 2.36 bits per heavy atom. The molecule has 11 heavy (non-hydrogen) atoms. The first-order chi connectivity index (χ1) is 5.33. The number of nitriles is 1. The lowest BCUT2D eigenvalue weighted by atomic mass is 10.00. The quantitative estimate of drug-likeness (QED) is 0.526. The van der Waals surface area contributed by atoms with Gasteiger partial charge >= 0.3 is 0 Å². The van der Waals surface area contributed by atoms with Crippen molar-refractivity contribution in [1.29, 1.82) is 5.26 Å². The van der Waals surface area contributed by atoms with Crippen LogP contribution in [0.2, 0.25) is 0 Å². The minimum atomic E-state index is -0.463. The fraction of sp³-hybridized carbons (Fsp3) is 0.857. The van der Waals surface area contributed by atoms with E-state index < -0.39 is 5.54 Å². The zero-order valence-corrected chi connectivity index (χ0v) is 6.34. The number of hydrogen-bond donors (Lipinski definition) is 2. The molecule has 4 heteroatoms. The highest BCUT2D eigenvalue weighted by molar-refractivity contribution is 5.11. The molecule has 0 bridgehead atoms. The Balaban J connectivity index is 2.18. The monoisotopic (exact) mass is 156 g/mol. The van der Waals surface area contributed by atoms with Crippen molar-refractivity contribution < 1.29 is 9.84 Å². The molecule has 0 radical (unpaired) electrons. The Bertz CT molecular complexity index is 160. The van der Waals surface area contributed by atoms with Crippen LogP contribution in [0.4, 0.5) is 0 Å². The number of hydrogen-bond acceptors (Lipinski definition) is 4. The smallest absolute Gasteiger partial charge is 0.153 e. The molecule has 0 aliphatic carbocycles. The van der Waals surface area contributed by atoms with Gasteiger partial charge in [-0.05, 0) is 13.0 Å². The normalized spacial score (nSPS) is 20.4. The maximum Gasteiger partial charge on any atom is 0.153 e. The molecule has 1 aliphatic heterocycles. The maximum absolute atomic E-state index is 8.68. The van der Waals surface area contributed by atoms with E-state index in [1.54, 1.807) is 0 Å². The number of aliphatic hydroxyl groups excluding tert-OH is 1. The zero-order valence-electron chi connectivity index (χ0n) is 6.34. The van der Waals surface area contributed by atoms with Crippen molar-refractivity contribution >= 4 is 0 Å². The predicted octanol–water partition coefficient (Wildman–Crippen LogP) is -0.749. The van der Waals surface area contributed by atoms with Crippen LogP contribution in [0.1, 0.15) is 6.42 Å². The molecule has 0 aromatic rings. The van der Waals surface area contributed by atoms with Gasteiger partial charge in [0.25, 0.3) is 0 Å². The van der Waals surface area contributed by atoms with Crippen LogP contribution in [0.3, 0.4) is 0 Å². The van der Waals surface area contributed by atoms with E-state index in [0.29, 0.717) is 26.2 Å². The Kier molecular flexibility index (Phi) is 2.83. The van der Waals surface area contributed by atoms with Crippen LogP contribution in [0, 0.1) is 11.3 Å². The molecule has 1 fully saturated rings. The molecular weight excluding hydrogens is 144 g/mol. The third-order valence-electron chi connectivity index (χ3n) is 1.71. The molecule has 0 spiro atoms. The van der Waals surface area contributed by atoms with Crippen molar-refractivity contribution in [3.05, 3.63) is 0 Å². The second kappa shape index (κ2) is 3.67. The van der Waals surface area contributed by atoms with Crippen LogP contribution in [0.25, 0.3) is 0 Å². The third kappa shape index (κ3) is 1.90. The molecule has 1 saturated heterocycles. The van der Waals surface area contributed by atoms with Crippen LogP contribution in [0.15, 0.2) is 0 Å². The van der Waals surface area contributed by atoms with Crippen LogP contribution in [-0.4, -0.2) is 37.0 Å². The van der Waals surface area contributed by atoms with Gasteiger partial charge in [-0.3, -0.25) is 5.32 Å². The highest BCUT2D eigenvalue weighted by atomic mass is 16.5. The summed E-state index contributed by atoms with van der Waals surface area (Å²) in [7, 11) is 0. The molecule has 0 amide bonds. The van der Waals surface area contributed by atoms with E-state index in [9.17, 15) is 0 Å². The third-order valence-corrected chi connectivity index (χ3v) is 1.71. The van der Waals surface area contributed by atoms with Gasteiger partial charge in [0.1, 0.15) is 0 Å². The molecule has 62 valence electrons. The summed E-state index contributed by atoms with van der Waals surface area (Å²) in [6.07, 6.45) is 0.684. The first kappa shape index (κ1) is 8.47. The molecule has 1 heterocycles. The summed E-state index contributed by atoms with van der Waals surface area (Å²) in [5.41, 5.74) is -0.463. The van der Waals surface area contributed by atoms with Gasteiger partial charge in [-0.2, -0.15) is 5.26 Å². The van der Waals surface area contributed by atoms with Crippen LogP contribution in [-0.2, 0) is 4.74 Å². The summed E-state index contributed by atoms with van der Waals surface area (Å²) in [5.74, 6) is 0. The van der Waals surface area contributed by atoms with Crippen molar-refractivity contribution in [3.8, 4) is 6.07 Å². The average molecular weight is 156 g/mol. The van der Waals surface area contributed by atoms with Gasteiger partial charge in [0.05, 0.1) is 19.3 Å². The molecule has 1 rings (SSSR count). The first-order valence-corrected chi connectivity index (χ1v) is 3.68. The summed E-state index contributed by atoms with van der Waals surface area (Å²) < 4.78 is 4.91. The van der Waals surface area contributed by atoms with Crippen molar-refractivity contribution in [1.82, 2.24) is 5.32 Å². The zero-order chi connectivity index (χ0) is 8.16. The number of aliphatic hydroxyl groups is 1. The Morgan fingerprint density at radius 1 is 1.64 bits per heavy atom. The molecule has 0 unspecified atom stereocenters. The van der Waals surface area contributed by atoms with E-state index in [2.05, 4.69) is 11.4 Å². The van der Waals surface area contributed by atoms with Crippen molar-refractivity contribution in [3.63, 3.8) is 0 Å². The Morgan fingerprint density at radius 3 is 2.73 bits per heavy atom. The van der Waals surface area contributed by atoms with Gasteiger partial charge in [-0.25, -0.2) is 0 Å². The summed E-state index contributed by atoms with van der Waals surface area (Å²) in [4.78, 5) is 0. The largest absolute Gasteiger partial charge is 0.396 e.